The molecule has 152 valence electrons. The Balaban J connectivity index is 2.68. The van der Waals surface area contributed by atoms with Gasteiger partial charge in [0.05, 0.1) is 6.10 Å². The minimum atomic E-state index is -0.777. The first-order valence-corrected chi connectivity index (χ1v) is 9.95. The summed E-state index contributed by atoms with van der Waals surface area (Å²) in [6, 6.07) is 8.79. The average molecular weight is 378 g/mol. The summed E-state index contributed by atoms with van der Waals surface area (Å²) in [6.07, 6.45) is 4.94. The third kappa shape index (κ3) is 10.6. The minimum absolute atomic E-state index is 0.173. The van der Waals surface area contributed by atoms with E-state index in [-0.39, 0.29) is 6.10 Å². The van der Waals surface area contributed by atoms with Gasteiger partial charge in [0.25, 0.3) is 0 Å². The van der Waals surface area contributed by atoms with E-state index in [0.717, 1.165) is 24.8 Å². The van der Waals surface area contributed by atoms with Crippen LogP contribution in [0.1, 0.15) is 72.3 Å². The lowest BCUT2D eigenvalue weighted by Crippen LogP contribution is -2.46. The topological polar surface area (TPSA) is 64.6 Å². The molecule has 0 radical (unpaired) electrons. The van der Waals surface area contributed by atoms with E-state index in [2.05, 4.69) is 12.2 Å². The first-order chi connectivity index (χ1) is 12.7. The molecule has 1 rings (SSSR count). The summed E-state index contributed by atoms with van der Waals surface area (Å²) in [5.74, 6) is -0.423. The van der Waals surface area contributed by atoms with Gasteiger partial charge in [-0.25, -0.2) is 9.59 Å². The van der Waals surface area contributed by atoms with Gasteiger partial charge in [0, 0.05) is 6.42 Å². The summed E-state index contributed by atoms with van der Waals surface area (Å²) in [5, 5.41) is 2.67. The highest BCUT2D eigenvalue weighted by molar-refractivity contribution is 5.81. The molecule has 0 aliphatic carbocycles. The number of hydrogen-bond acceptors (Lipinski definition) is 4. The van der Waals surface area contributed by atoms with Gasteiger partial charge in [0.15, 0.2) is 0 Å². The third-order valence-electron chi connectivity index (χ3n) is 4.04. The van der Waals surface area contributed by atoms with Crippen molar-refractivity contribution in [3.63, 3.8) is 0 Å². The number of benzene rings is 1. The molecule has 1 aromatic rings. The van der Waals surface area contributed by atoms with Crippen molar-refractivity contribution in [2.75, 3.05) is 0 Å². The molecule has 0 aliphatic rings. The van der Waals surface area contributed by atoms with Crippen molar-refractivity contribution in [1.29, 1.82) is 0 Å². The van der Waals surface area contributed by atoms with Gasteiger partial charge in [-0.1, -0.05) is 56.5 Å². The fourth-order valence-electron chi connectivity index (χ4n) is 2.69. The fraction of sp³-hybridized carbons (Fsp3) is 0.636. The number of rotatable bonds is 10. The normalized spacial score (nSPS) is 13.5. The first-order valence-electron chi connectivity index (χ1n) is 9.95. The van der Waals surface area contributed by atoms with Crippen LogP contribution in [0.15, 0.2) is 30.3 Å². The molecule has 0 aromatic heterocycles. The van der Waals surface area contributed by atoms with Crippen molar-refractivity contribution < 1.29 is 19.1 Å². The van der Waals surface area contributed by atoms with Crippen molar-refractivity contribution in [2.45, 2.75) is 90.9 Å². The number of unbranched alkanes of at least 4 members (excludes halogenated alkanes) is 3. The van der Waals surface area contributed by atoms with E-state index in [1.165, 1.54) is 12.8 Å². The van der Waals surface area contributed by atoms with Crippen molar-refractivity contribution in [3.8, 4) is 0 Å². The molecule has 0 saturated carbocycles. The fourth-order valence-corrected chi connectivity index (χ4v) is 2.69. The molecule has 0 heterocycles. The van der Waals surface area contributed by atoms with Crippen LogP contribution in [-0.2, 0) is 20.7 Å². The molecule has 5 nitrogen and oxygen atoms in total. The zero-order valence-electron chi connectivity index (χ0n) is 17.4. The van der Waals surface area contributed by atoms with Crippen molar-refractivity contribution in [2.24, 2.45) is 0 Å². The van der Waals surface area contributed by atoms with E-state index < -0.39 is 23.7 Å². The molecule has 0 aliphatic heterocycles. The molecular formula is C22H35NO4. The van der Waals surface area contributed by atoms with Gasteiger partial charge in [0.2, 0.25) is 0 Å². The summed E-state index contributed by atoms with van der Waals surface area (Å²) in [5.41, 5.74) is 0.323. The molecule has 1 N–H and O–H groups in total. The largest absolute Gasteiger partial charge is 0.461 e. The highest BCUT2D eigenvalue weighted by atomic mass is 16.6. The zero-order chi connectivity index (χ0) is 20.3. The van der Waals surface area contributed by atoms with Crippen LogP contribution in [0.2, 0.25) is 0 Å². The molecule has 5 heteroatoms. The van der Waals surface area contributed by atoms with Gasteiger partial charge in [-0.3, -0.25) is 0 Å². The van der Waals surface area contributed by atoms with Gasteiger partial charge < -0.3 is 14.8 Å². The maximum absolute atomic E-state index is 12.7. The van der Waals surface area contributed by atoms with Gasteiger partial charge in [-0.15, -0.1) is 0 Å². The maximum Gasteiger partial charge on any atom is 0.408 e. The Kier molecular flexibility index (Phi) is 9.90. The predicted octanol–water partition coefficient (Wildman–Crippen LogP) is 5.02. The van der Waals surface area contributed by atoms with Crippen LogP contribution < -0.4 is 5.32 Å². The summed E-state index contributed by atoms with van der Waals surface area (Å²) >= 11 is 0. The van der Waals surface area contributed by atoms with E-state index in [1.54, 1.807) is 20.8 Å². The molecule has 0 saturated heterocycles. The van der Waals surface area contributed by atoms with Crippen molar-refractivity contribution >= 4 is 12.1 Å². The Morgan fingerprint density at radius 3 is 2.33 bits per heavy atom. The summed E-state index contributed by atoms with van der Waals surface area (Å²) in [4.78, 5) is 24.8. The van der Waals surface area contributed by atoms with Crippen LogP contribution in [0.5, 0.6) is 0 Å². The zero-order valence-corrected chi connectivity index (χ0v) is 17.4. The molecule has 0 bridgehead atoms. The highest BCUT2D eigenvalue weighted by Crippen LogP contribution is 2.12. The number of amides is 1. The summed E-state index contributed by atoms with van der Waals surface area (Å²) in [6.45, 7) is 9.43. The van der Waals surface area contributed by atoms with Crippen LogP contribution in [0.25, 0.3) is 0 Å². The summed E-state index contributed by atoms with van der Waals surface area (Å²) < 4.78 is 10.9. The molecule has 0 fully saturated rings. The highest BCUT2D eigenvalue weighted by Gasteiger charge is 2.27. The number of hydrogen-bond donors (Lipinski definition) is 1. The number of nitrogens with one attached hydrogen (secondary N) is 1. The SMILES string of the molecule is CCCCCCC(C)OC(=O)[C@H](Cc1ccccc1)NC(=O)OC(C)(C)C. The van der Waals surface area contributed by atoms with E-state index in [0.29, 0.717) is 6.42 Å². The number of ether oxygens (including phenoxy) is 2. The van der Waals surface area contributed by atoms with Gasteiger partial charge in [0.1, 0.15) is 11.6 Å². The Bertz CT molecular complexity index is 565. The van der Waals surface area contributed by atoms with E-state index in [1.807, 2.05) is 37.3 Å². The standard InChI is InChI=1S/C22H35NO4/c1-6-7-8-10-13-17(2)26-20(24)19(16-18-14-11-9-12-15-18)23-21(25)27-22(3,4)5/h9,11-12,14-15,17,19H,6-8,10,13,16H2,1-5H3,(H,23,25)/t17?,19-/m0/s1. The van der Waals surface area contributed by atoms with Crippen LogP contribution in [0, 0.1) is 0 Å². The minimum Gasteiger partial charge on any atom is -0.461 e. The second-order valence-corrected chi connectivity index (χ2v) is 7.99. The van der Waals surface area contributed by atoms with Gasteiger partial charge in [-0.05, 0) is 46.1 Å². The lowest BCUT2D eigenvalue weighted by atomic mass is 10.1. The molecule has 1 amide bonds. The first kappa shape index (κ1) is 23.0. The Labute approximate surface area is 163 Å². The molecule has 2 atom stereocenters. The van der Waals surface area contributed by atoms with Crippen molar-refractivity contribution in [1.82, 2.24) is 5.32 Å². The van der Waals surface area contributed by atoms with Crippen LogP contribution in [-0.4, -0.2) is 29.8 Å². The van der Waals surface area contributed by atoms with Crippen molar-refractivity contribution in [3.05, 3.63) is 35.9 Å². The van der Waals surface area contributed by atoms with Crippen LogP contribution >= 0.6 is 0 Å². The second-order valence-electron chi connectivity index (χ2n) is 7.99. The third-order valence-corrected chi connectivity index (χ3v) is 4.04. The summed E-state index contributed by atoms with van der Waals surface area (Å²) in [7, 11) is 0. The number of carbonyl (C=O) groups excluding carboxylic acids is 2. The predicted molar refractivity (Wildman–Crippen MR) is 108 cm³/mol. The smallest absolute Gasteiger partial charge is 0.408 e. The Morgan fingerprint density at radius 2 is 1.74 bits per heavy atom. The van der Waals surface area contributed by atoms with E-state index in [9.17, 15) is 9.59 Å². The maximum atomic E-state index is 12.7. The van der Waals surface area contributed by atoms with Gasteiger partial charge >= 0.3 is 12.1 Å². The van der Waals surface area contributed by atoms with E-state index in [4.69, 9.17) is 9.47 Å². The molecule has 27 heavy (non-hydrogen) atoms. The second kappa shape index (κ2) is 11.6. The lowest BCUT2D eigenvalue weighted by molar-refractivity contribution is -0.151. The Morgan fingerprint density at radius 1 is 1.07 bits per heavy atom. The molecule has 1 aromatic carbocycles. The number of esters is 1. The van der Waals surface area contributed by atoms with Crippen LogP contribution in [0.3, 0.4) is 0 Å². The number of carbonyl (C=O) groups is 2. The Hall–Kier alpha value is -2.04. The quantitative estimate of drug-likeness (QED) is 0.459. The monoisotopic (exact) mass is 377 g/mol. The van der Waals surface area contributed by atoms with Gasteiger partial charge in [-0.2, -0.15) is 0 Å². The van der Waals surface area contributed by atoms with Crippen LogP contribution in [0.4, 0.5) is 4.79 Å². The average Bonchev–Trinajstić information content (AvgIpc) is 2.57. The number of alkyl carbamates (subject to hydrolysis) is 1. The molecular weight excluding hydrogens is 342 g/mol. The lowest BCUT2D eigenvalue weighted by Gasteiger charge is -2.24. The molecule has 1 unspecified atom stereocenters. The molecule has 0 spiro atoms. The van der Waals surface area contributed by atoms with E-state index >= 15 is 0 Å².